The van der Waals surface area contributed by atoms with Gasteiger partial charge in [-0.2, -0.15) is 0 Å². The highest BCUT2D eigenvalue weighted by atomic mass is 13.9. The Kier molecular flexibility index (Phi) is 6.22. The smallest absolute Gasteiger partial charge is 0.0163 e. The Morgan fingerprint density at radius 2 is 1.62 bits per heavy atom. The van der Waals surface area contributed by atoms with Crippen LogP contribution in [0.25, 0.3) is 0 Å². The summed E-state index contributed by atoms with van der Waals surface area (Å²) in [7, 11) is 0. The third-order valence-corrected chi connectivity index (χ3v) is 2.20. The van der Waals surface area contributed by atoms with Crippen LogP contribution in [0.3, 0.4) is 0 Å². The summed E-state index contributed by atoms with van der Waals surface area (Å²) in [5.41, 5.74) is 0. The predicted octanol–water partition coefficient (Wildman–Crippen LogP) is 4.20. The molecule has 0 bridgehead atoms. The van der Waals surface area contributed by atoms with E-state index in [1.54, 1.807) is 0 Å². The largest absolute Gasteiger partial charge is 0.0882 e. The van der Waals surface area contributed by atoms with Gasteiger partial charge in [0.1, 0.15) is 0 Å². The van der Waals surface area contributed by atoms with Crippen molar-refractivity contribution in [3.8, 4) is 0 Å². The normalized spacial score (nSPS) is 20.3. The summed E-state index contributed by atoms with van der Waals surface area (Å²) in [5.74, 6) is 0. The maximum Gasteiger partial charge on any atom is -0.0163 e. The van der Waals surface area contributed by atoms with Gasteiger partial charge in [-0.25, -0.2) is 0 Å². The third-order valence-electron chi connectivity index (χ3n) is 2.20. The molecule has 0 saturated heterocycles. The van der Waals surface area contributed by atoms with Gasteiger partial charge in [-0.15, -0.1) is 0 Å². The molecule has 0 fully saturated rings. The van der Waals surface area contributed by atoms with Gasteiger partial charge in [0.15, 0.2) is 0 Å². The molecular weight excluding hydrogens is 156 g/mol. The molecular formula is C13H19. The van der Waals surface area contributed by atoms with Crippen LogP contribution in [-0.4, -0.2) is 0 Å². The molecule has 0 aliphatic heterocycles. The first kappa shape index (κ1) is 10.3. The third kappa shape index (κ3) is 6.39. The molecule has 0 heterocycles. The fourth-order valence-corrected chi connectivity index (χ4v) is 1.40. The molecule has 0 atom stereocenters. The van der Waals surface area contributed by atoms with Gasteiger partial charge in [-0.3, -0.25) is 0 Å². The van der Waals surface area contributed by atoms with Crippen LogP contribution in [-0.2, 0) is 0 Å². The summed E-state index contributed by atoms with van der Waals surface area (Å²) >= 11 is 0. The highest BCUT2D eigenvalue weighted by Crippen LogP contribution is 2.05. The summed E-state index contributed by atoms with van der Waals surface area (Å²) in [6.45, 7) is 0. The van der Waals surface area contributed by atoms with Crippen molar-refractivity contribution in [1.82, 2.24) is 0 Å². The highest BCUT2D eigenvalue weighted by Gasteiger charge is 1.86. The highest BCUT2D eigenvalue weighted by molar-refractivity contribution is 4.96. The molecule has 1 radical (unpaired) electrons. The van der Waals surface area contributed by atoms with Crippen molar-refractivity contribution in [2.45, 2.75) is 44.9 Å². The first-order chi connectivity index (χ1) is 6.50. The average molecular weight is 175 g/mol. The molecule has 71 valence electrons. The SMILES string of the molecule is [C]1=CCC=CCC=CCCCCC1. The lowest BCUT2D eigenvalue weighted by atomic mass is 10.1. The Hall–Kier alpha value is -0.780. The van der Waals surface area contributed by atoms with E-state index >= 15 is 0 Å². The van der Waals surface area contributed by atoms with Gasteiger partial charge in [-0.1, -0.05) is 36.8 Å². The van der Waals surface area contributed by atoms with Crippen LogP contribution in [0.2, 0.25) is 0 Å². The molecule has 1 aliphatic carbocycles. The number of hydrogen-bond donors (Lipinski definition) is 0. The molecule has 0 heteroatoms. The minimum atomic E-state index is 1.05. The van der Waals surface area contributed by atoms with Gasteiger partial charge < -0.3 is 0 Å². The van der Waals surface area contributed by atoms with E-state index in [0.29, 0.717) is 0 Å². The van der Waals surface area contributed by atoms with Gasteiger partial charge in [0.25, 0.3) is 0 Å². The summed E-state index contributed by atoms with van der Waals surface area (Å²) in [6.07, 6.45) is 23.0. The summed E-state index contributed by atoms with van der Waals surface area (Å²) in [4.78, 5) is 0. The minimum absolute atomic E-state index is 1.05. The zero-order chi connectivity index (χ0) is 9.19. The maximum absolute atomic E-state index is 3.33. The molecule has 0 amide bonds. The van der Waals surface area contributed by atoms with Crippen molar-refractivity contribution >= 4 is 0 Å². The van der Waals surface area contributed by atoms with Crippen molar-refractivity contribution in [2.24, 2.45) is 0 Å². The first-order valence-corrected chi connectivity index (χ1v) is 5.35. The predicted molar refractivity (Wildman–Crippen MR) is 58.4 cm³/mol. The van der Waals surface area contributed by atoms with E-state index in [1.165, 1.54) is 25.7 Å². The molecule has 0 aromatic heterocycles. The second-order valence-electron chi connectivity index (χ2n) is 3.42. The van der Waals surface area contributed by atoms with Crippen LogP contribution >= 0.6 is 0 Å². The Bertz CT molecular complexity index is 164. The molecule has 1 aliphatic rings. The monoisotopic (exact) mass is 175 g/mol. The number of allylic oxidation sites excluding steroid dienone is 6. The van der Waals surface area contributed by atoms with Crippen LogP contribution < -0.4 is 0 Å². The van der Waals surface area contributed by atoms with E-state index in [-0.39, 0.29) is 0 Å². The van der Waals surface area contributed by atoms with E-state index in [0.717, 1.165) is 19.3 Å². The van der Waals surface area contributed by atoms with Crippen molar-refractivity contribution < 1.29 is 0 Å². The Labute approximate surface area is 82.0 Å². The second kappa shape index (κ2) is 7.85. The second-order valence-corrected chi connectivity index (χ2v) is 3.42. The fourth-order valence-electron chi connectivity index (χ4n) is 1.40. The zero-order valence-electron chi connectivity index (χ0n) is 8.34. The first-order valence-electron chi connectivity index (χ1n) is 5.35. The van der Waals surface area contributed by atoms with E-state index < -0.39 is 0 Å². The molecule has 0 aromatic rings. The zero-order valence-corrected chi connectivity index (χ0v) is 8.34. The van der Waals surface area contributed by atoms with E-state index in [4.69, 9.17) is 0 Å². The standard InChI is InChI=1S/C13H19/c1-2-4-6-8-10-12-13-11-9-7-5-3-1/h1-2,5-7H,3-4,9-13H2. The maximum atomic E-state index is 3.33. The summed E-state index contributed by atoms with van der Waals surface area (Å²) < 4.78 is 0. The Morgan fingerprint density at radius 1 is 0.769 bits per heavy atom. The van der Waals surface area contributed by atoms with Crippen molar-refractivity contribution in [2.75, 3.05) is 0 Å². The molecule has 0 saturated carbocycles. The molecule has 0 aromatic carbocycles. The van der Waals surface area contributed by atoms with Gasteiger partial charge >= 0.3 is 0 Å². The van der Waals surface area contributed by atoms with Crippen LogP contribution in [0.5, 0.6) is 0 Å². The van der Waals surface area contributed by atoms with Crippen molar-refractivity contribution in [3.63, 3.8) is 0 Å². The van der Waals surface area contributed by atoms with Gasteiger partial charge in [0.2, 0.25) is 0 Å². The van der Waals surface area contributed by atoms with Crippen LogP contribution in [0.4, 0.5) is 0 Å². The topological polar surface area (TPSA) is 0 Å². The number of rotatable bonds is 0. The van der Waals surface area contributed by atoms with E-state index in [1.807, 2.05) is 0 Å². The van der Waals surface area contributed by atoms with Gasteiger partial charge in [0.05, 0.1) is 0 Å². The number of hydrogen-bond acceptors (Lipinski definition) is 0. The lowest BCUT2D eigenvalue weighted by molar-refractivity contribution is 0.690. The van der Waals surface area contributed by atoms with Crippen molar-refractivity contribution in [1.29, 1.82) is 0 Å². The summed E-state index contributed by atoms with van der Waals surface area (Å²) in [6, 6.07) is 0. The lowest BCUT2D eigenvalue weighted by Gasteiger charge is -1.93. The van der Waals surface area contributed by atoms with E-state index in [2.05, 4.69) is 36.5 Å². The van der Waals surface area contributed by atoms with Crippen LogP contribution in [0.1, 0.15) is 44.9 Å². The molecule has 0 nitrogen and oxygen atoms in total. The van der Waals surface area contributed by atoms with Crippen LogP contribution in [0, 0.1) is 6.08 Å². The molecule has 1 rings (SSSR count). The lowest BCUT2D eigenvalue weighted by Crippen LogP contribution is -1.74. The molecule has 0 N–H and O–H groups in total. The molecule has 0 spiro atoms. The Balaban J connectivity index is 2.28. The van der Waals surface area contributed by atoms with Gasteiger partial charge in [0, 0.05) is 0 Å². The quantitative estimate of drug-likeness (QED) is 0.484. The van der Waals surface area contributed by atoms with E-state index in [9.17, 15) is 0 Å². The molecule has 0 unspecified atom stereocenters. The van der Waals surface area contributed by atoms with Gasteiger partial charge in [-0.05, 0) is 44.6 Å². The fraction of sp³-hybridized carbons (Fsp3) is 0.538. The minimum Gasteiger partial charge on any atom is -0.0882 e. The summed E-state index contributed by atoms with van der Waals surface area (Å²) in [5, 5.41) is 0. The van der Waals surface area contributed by atoms with Crippen LogP contribution in [0.15, 0.2) is 30.4 Å². The average Bonchev–Trinajstić information content (AvgIpc) is 2.18. The van der Waals surface area contributed by atoms with Crippen molar-refractivity contribution in [3.05, 3.63) is 36.5 Å². The molecule has 13 heavy (non-hydrogen) atoms. The Morgan fingerprint density at radius 3 is 2.62 bits per heavy atom.